The molecule has 2 heteroatoms. The van der Waals surface area contributed by atoms with Crippen LogP contribution >= 0.6 is 0 Å². The minimum atomic E-state index is 0.776. The molecule has 0 spiro atoms. The predicted octanol–water partition coefficient (Wildman–Crippen LogP) is 1.51. The Bertz CT molecular complexity index is 215. The highest BCUT2D eigenvalue weighted by Crippen LogP contribution is 2.29. The summed E-state index contributed by atoms with van der Waals surface area (Å²) in [6.45, 7) is 3.27. The first kappa shape index (κ1) is 6.92. The maximum atomic E-state index is 3.48. The summed E-state index contributed by atoms with van der Waals surface area (Å²) in [6.07, 6.45) is 3.31. The predicted molar refractivity (Wildman–Crippen MR) is 45.2 cm³/mol. The summed E-state index contributed by atoms with van der Waals surface area (Å²) < 4.78 is 0. The molecule has 1 aliphatic carbocycles. The molecule has 2 unspecified atom stereocenters. The van der Waals surface area contributed by atoms with Crippen molar-refractivity contribution in [2.24, 2.45) is 5.92 Å². The second-order valence-corrected chi connectivity index (χ2v) is 3.40. The molecule has 0 saturated heterocycles. The van der Waals surface area contributed by atoms with Gasteiger partial charge in [0.1, 0.15) is 0 Å². The van der Waals surface area contributed by atoms with Gasteiger partial charge in [-0.1, -0.05) is 6.92 Å². The quantitative estimate of drug-likeness (QED) is 0.671. The first-order valence-corrected chi connectivity index (χ1v) is 4.22. The molecule has 0 aliphatic heterocycles. The number of nitrogens with one attached hydrogen (secondary N) is 2. The lowest BCUT2D eigenvalue weighted by Gasteiger charge is -1.99. The standard InChI is InChI=1S/C9H14N2/c1-7-5-9(7)11-6-8-3-2-4-10-8/h2-4,7,9-11H,5-6H2,1H3. The molecule has 1 aliphatic rings. The van der Waals surface area contributed by atoms with Crippen LogP contribution in [0.1, 0.15) is 19.0 Å². The van der Waals surface area contributed by atoms with E-state index in [0.717, 1.165) is 18.5 Å². The van der Waals surface area contributed by atoms with Gasteiger partial charge in [-0.25, -0.2) is 0 Å². The molecule has 1 aromatic rings. The molecule has 1 saturated carbocycles. The summed E-state index contributed by atoms with van der Waals surface area (Å²) in [5, 5.41) is 3.48. The molecule has 1 aromatic heterocycles. The first-order valence-electron chi connectivity index (χ1n) is 4.22. The van der Waals surface area contributed by atoms with E-state index in [2.05, 4.69) is 23.3 Å². The molecular weight excluding hydrogens is 136 g/mol. The molecule has 1 fully saturated rings. The average Bonchev–Trinajstić information content (AvgIpc) is 2.55. The second kappa shape index (κ2) is 2.70. The van der Waals surface area contributed by atoms with Gasteiger partial charge in [-0.2, -0.15) is 0 Å². The van der Waals surface area contributed by atoms with Crippen LogP contribution in [0.2, 0.25) is 0 Å². The highest BCUT2D eigenvalue weighted by Gasteiger charge is 2.31. The van der Waals surface area contributed by atoms with Crippen LogP contribution in [0.25, 0.3) is 0 Å². The van der Waals surface area contributed by atoms with E-state index in [9.17, 15) is 0 Å². The first-order chi connectivity index (χ1) is 5.36. The van der Waals surface area contributed by atoms with Gasteiger partial charge in [0.15, 0.2) is 0 Å². The smallest absolute Gasteiger partial charge is 0.0359 e. The highest BCUT2D eigenvalue weighted by molar-refractivity contribution is 5.04. The Balaban J connectivity index is 1.75. The van der Waals surface area contributed by atoms with Crippen LogP contribution in [0, 0.1) is 5.92 Å². The fraction of sp³-hybridized carbons (Fsp3) is 0.556. The summed E-state index contributed by atoms with van der Waals surface area (Å²) in [7, 11) is 0. The normalized spacial score (nSPS) is 28.8. The van der Waals surface area contributed by atoms with E-state index in [1.807, 2.05) is 12.3 Å². The minimum absolute atomic E-state index is 0.776. The lowest BCUT2D eigenvalue weighted by molar-refractivity contribution is 0.644. The second-order valence-electron chi connectivity index (χ2n) is 3.40. The molecule has 2 nitrogen and oxygen atoms in total. The fourth-order valence-electron chi connectivity index (χ4n) is 1.33. The Morgan fingerprint density at radius 1 is 1.73 bits per heavy atom. The van der Waals surface area contributed by atoms with Gasteiger partial charge in [0, 0.05) is 24.5 Å². The zero-order chi connectivity index (χ0) is 7.68. The number of aromatic amines is 1. The molecule has 2 rings (SSSR count). The van der Waals surface area contributed by atoms with Gasteiger partial charge in [0.05, 0.1) is 0 Å². The summed E-state index contributed by atoms with van der Waals surface area (Å²) in [4.78, 5) is 3.17. The third-order valence-electron chi connectivity index (χ3n) is 2.33. The maximum Gasteiger partial charge on any atom is 0.0359 e. The van der Waals surface area contributed by atoms with Gasteiger partial charge < -0.3 is 10.3 Å². The van der Waals surface area contributed by atoms with Crippen LogP contribution in [0.5, 0.6) is 0 Å². The van der Waals surface area contributed by atoms with Crippen LogP contribution in [-0.4, -0.2) is 11.0 Å². The largest absolute Gasteiger partial charge is 0.364 e. The van der Waals surface area contributed by atoms with Crippen molar-refractivity contribution in [1.82, 2.24) is 10.3 Å². The lowest BCUT2D eigenvalue weighted by atomic mass is 10.4. The summed E-state index contributed by atoms with van der Waals surface area (Å²) in [6, 6.07) is 4.92. The molecule has 11 heavy (non-hydrogen) atoms. The molecular formula is C9H14N2. The Morgan fingerprint density at radius 2 is 2.55 bits per heavy atom. The van der Waals surface area contributed by atoms with Gasteiger partial charge >= 0.3 is 0 Å². The van der Waals surface area contributed by atoms with Crippen molar-refractivity contribution in [3.05, 3.63) is 24.0 Å². The lowest BCUT2D eigenvalue weighted by Crippen LogP contribution is -2.17. The third kappa shape index (κ3) is 1.63. The molecule has 2 atom stereocenters. The van der Waals surface area contributed by atoms with Gasteiger partial charge in [-0.3, -0.25) is 0 Å². The Hall–Kier alpha value is -0.760. The van der Waals surface area contributed by atoms with Crippen LogP contribution in [0.4, 0.5) is 0 Å². The summed E-state index contributed by atoms with van der Waals surface area (Å²) >= 11 is 0. The maximum absolute atomic E-state index is 3.48. The van der Waals surface area contributed by atoms with Gasteiger partial charge in [0.25, 0.3) is 0 Å². The number of H-pyrrole nitrogens is 1. The van der Waals surface area contributed by atoms with E-state index >= 15 is 0 Å². The monoisotopic (exact) mass is 150 g/mol. The molecule has 2 N–H and O–H groups in total. The van der Waals surface area contributed by atoms with Gasteiger partial charge in [-0.15, -0.1) is 0 Å². The Kier molecular flexibility index (Phi) is 1.70. The minimum Gasteiger partial charge on any atom is -0.364 e. The van der Waals surface area contributed by atoms with Crippen molar-refractivity contribution in [1.29, 1.82) is 0 Å². The number of hydrogen-bond donors (Lipinski definition) is 2. The molecule has 60 valence electrons. The van der Waals surface area contributed by atoms with Crippen molar-refractivity contribution in [3.63, 3.8) is 0 Å². The molecule has 1 heterocycles. The number of rotatable bonds is 3. The van der Waals surface area contributed by atoms with E-state index in [1.165, 1.54) is 12.1 Å². The number of aromatic nitrogens is 1. The van der Waals surface area contributed by atoms with Crippen molar-refractivity contribution >= 4 is 0 Å². The van der Waals surface area contributed by atoms with E-state index in [0.29, 0.717) is 0 Å². The van der Waals surface area contributed by atoms with E-state index in [4.69, 9.17) is 0 Å². The number of hydrogen-bond acceptors (Lipinski definition) is 1. The molecule has 0 amide bonds. The van der Waals surface area contributed by atoms with Gasteiger partial charge in [0.2, 0.25) is 0 Å². The molecule has 0 aromatic carbocycles. The van der Waals surface area contributed by atoms with Crippen molar-refractivity contribution in [3.8, 4) is 0 Å². The zero-order valence-electron chi connectivity index (χ0n) is 6.80. The average molecular weight is 150 g/mol. The van der Waals surface area contributed by atoms with Gasteiger partial charge in [-0.05, 0) is 24.5 Å². The summed E-state index contributed by atoms with van der Waals surface area (Å²) in [5.41, 5.74) is 1.28. The third-order valence-corrected chi connectivity index (χ3v) is 2.33. The van der Waals surface area contributed by atoms with Crippen molar-refractivity contribution < 1.29 is 0 Å². The van der Waals surface area contributed by atoms with Crippen LogP contribution in [0.3, 0.4) is 0 Å². The van der Waals surface area contributed by atoms with Crippen LogP contribution in [0.15, 0.2) is 18.3 Å². The SMILES string of the molecule is CC1CC1NCc1ccc[nH]1. The van der Waals surface area contributed by atoms with Crippen molar-refractivity contribution in [2.75, 3.05) is 0 Å². The fourth-order valence-corrected chi connectivity index (χ4v) is 1.33. The Morgan fingerprint density at radius 3 is 3.09 bits per heavy atom. The van der Waals surface area contributed by atoms with E-state index < -0.39 is 0 Å². The van der Waals surface area contributed by atoms with E-state index in [1.54, 1.807) is 0 Å². The van der Waals surface area contributed by atoms with Crippen molar-refractivity contribution in [2.45, 2.75) is 25.9 Å². The van der Waals surface area contributed by atoms with Crippen LogP contribution < -0.4 is 5.32 Å². The van der Waals surface area contributed by atoms with E-state index in [-0.39, 0.29) is 0 Å². The molecule has 0 radical (unpaired) electrons. The molecule has 0 bridgehead atoms. The zero-order valence-corrected chi connectivity index (χ0v) is 6.80. The Labute approximate surface area is 67.0 Å². The topological polar surface area (TPSA) is 27.8 Å². The highest BCUT2D eigenvalue weighted by atomic mass is 15.0. The summed E-state index contributed by atoms with van der Waals surface area (Å²) in [5.74, 6) is 0.893. The van der Waals surface area contributed by atoms with Crippen LogP contribution in [-0.2, 0) is 6.54 Å².